The largest absolute Gasteiger partial charge is 0.343 e. The molecule has 2 amide bonds. The number of carbonyl (C=O) groups is 2. The molecule has 5 heteroatoms. The Morgan fingerprint density at radius 1 is 1.56 bits per heavy atom. The summed E-state index contributed by atoms with van der Waals surface area (Å²) in [6.45, 7) is 4.92. The molecule has 0 bridgehead atoms. The average molecular weight is 244 g/mol. The predicted molar refractivity (Wildman–Crippen MR) is 66.3 cm³/mol. The van der Waals surface area contributed by atoms with Gasteiger partial charge in [0.2, 0.25) is 11.8 Å². The molecule has 1 saturated heterocycles. The highest BCUT2D eigenvalue weighted by molar-refractivity contribution is 7.98. The van der Waals surface area contributed by atoms with Gasteiger partial charge in [0.1, 0.15) is 6.04 Å². The van der Waals surface area contributed by atoms with Gasteiger partial charge in [0.15, 0.2) is 0 Å². The Balaban J connectivity index is 2.57. The summed E-state index contributed by atoms with van der Waals surface area (Å²) in [6, 6.07) is -0.317. The molecule has 92 valence electrons. The SMILES string of the molecule is CCC1NC(=O)CN(CC(C)CSC)C1=O. The van der Waals surface area contributed by atoms with Crippen LogP contribution in [0.5, 0.6) is 0 Å². The van der Waals surface area contributed by atoms with Gasteiger partial charge in [0.05, 0.1) is 6.54 Å². The quantitative estimate of drug-likeness (QED) is 0.775. The van der Waals surface area contributed by atoms with Crippen LogP contribution in [0.1, 0.15) is 20.3 Å². The van der Waals surface area contributed by atoms with E-state index in [1.807, 2.05) is 6.92 Å². The number of hydrogen-bond acceptors (Lipinski definition) is 3. The normalized spacial score (nSPS) is 23.2. The van der Waals surface area contributed by atoms with E-state index in [4.69, 9.17) is 0 Å². The molecule has 0 spiro atoms. The van der Waals surface area contributed by atoms with Gasteiger partial charge in [0, 0.05) is 6.54 Å². The van der Waals surface area contributed by atoms with Crippen LogP contribution >= 0.6 is 11.8 Å². The van der Waals surface area contributed by atoms with Gasteiger partial charge in [-0.05, 0) is 24.3 Å². The lowest BCUT2D eigenvalue weighted by Crippen LogP contribution is -2.58. The Bertz CT molecular complexity index is 271. The number of hydrogen-bond donors (Lipinski definition) is 1. The van der Waals surface area contributed by atoms with Crippen molar-refractivity contribution in [3.8, 4) is 0 Å². The highest BCUT2D eigenvalue weighted by Crippen LogP contribution is 2.11. The summed E-state index contributed by atoms with van der Waals surface area (Å²) in [6.07, 6.45) is 2.72. The van der Waals surface area contributed by atoms with Crippen LogP contribution in [0.25, 0.3) is 0 Å². The van der Waals surface area contributed by atoms with Gasteiger partial charge >= 0.3 is 0 Å². The topological polar surface area (TPSA) is 49.4 Å². The van der Waals surface area contributed by atoms with Crippen molar-refractivity contribution >= 4 is 23.6 Å². The standard InChI is InChI=1S/C11H20N2O2S/c1-4-9-11(15)13(6-10(14)12-9)5-8(2)7-16-3/h8-9H,4-7H2,1-3H3,(H,12,14). The van der Waals surface area contributed by atoms with Gasteiger partial charge < -0.3 is 10.2 Å². The van der Waals surface area contributed by atoms with E-state index in [9.17, 15) is 9.59 Å². The van der Waals surface area contributed by atoms with Gasteiger partial charge in [-0.1, -0.05) is 13.8 Å². The van der Waals surface area contributed by atoms with Crippen molar-refractivity contribution in [3.05, 3.63) is 0 Å². The van der Waals surface area contributed by atoms with E-state index in [1.54, 1.807) is 16.7 Å². The molecular weight excluding hydrogens is 224 g/mol. The molecule has 0 aromatic rings. The number of piperazine rings is 1. The molecule has 2 unspecified atom stereocenters. The monoisotopic (exact) mass is 244 g/mol. The number of amides is 2. The number of nitrogens with zero attached hydrogens (tertiary/aromatic N) is 1. The lowest BCUT2D eigenvalue weighted by molar-refractivity contribution is -0.144. The maximum absolute atomic E-state index is 11.9. The third kappa shape index (κ3) is 3.40. The number of nitrogens with one attached hydrogen (secondary N) is 1. The molecule has 0 aliphatic carbocycles. The van der Waals surface area contributed by atoms with Crippen molar-refractivity contribution in [2.24, 2.45) is 5.92 Å². The third-order valence-electron chi connectivity index (χ3n) is 2.67. The first-order chi connectivity index (χ1) is 7.58. The fourth-order valence-electron chi connectivity index (χ4n) is 1.92. The first kappa shape index (κ1) is 13.4. The Morgan fingerprint density at radius 3 is 2.81 bits per heavy atom. The first-order valence-electron chi connectivity index (χ1n) is 5.65. The molecular formula is C11H20N2O2S. The smallest absolute Gasteiger partial charge is 0.245 e. The van der Waals surface area contributed by atoms with Crippen molar-refractivity contribution < 1.29 is 9.59 Å². The molecule has 1 N–H and O–H groups in total. The van der Waals surface area contributed by atoms with Crippen LogP contribution in [0.3, 0.4) is 0 Å². The summed E-state index contributed by atoms with van der Waals surface area (Å²) >= 11 is 1.77. The van der Waals surface area contributed by atoms with Crippen molar-refractivity contribution in [1.82, 2.24) is 10.2 Å². The number of rotatable bonds is 5. The van der Waals surface area contributed by atoms with Crippen LogP contribution in [0.15, 0.2) is 0 Å². The zero-order chi connectivity index (χ0) is 12.1. The molecule has 2 atom stereocenters. The van der Waals surface area contributed by atoms with Gasteiger partial charge in [-0.15, -0.1) is 0 Å². The molecule has 16 heavy (non-hydrogen) atoms. The van der Waals surface area contributed by atoms with Gasteiger partial charge in [-0.25, -0.2) is 0 Å². The van der Waals surface area contributed by atoms with Gasteiger partial charge in [-0.2, -0.15) is 11.8 Å². The molecule has 1 fully saturated rings. The molecule has 0 saturated carbocycles. The van der Waals surface area contributed by atoms with E-state index in [-0.39, 0.29) is 24.4 Å². The van der Waals surface area contributed by atoms with Crippen molar-refractivity contribution in [2.45, 2.75) is 26.3 Å². The fraction of sp³-hybridized carbons (Fsp3) is 0.818. The van der Waals surface area contributed by atoms with E-state index < -0.39 is 0 Å². The second-order valence-corrected chi connectivity index (χ2v) is 5.22. The lowest BCUT2D eigenvalue weighted by atomic mass is 10.1. The van der Waals surface area contributed by atoms with Crippen LogP contribution < -0.4 is 5.32 Å². The Labute approximate surface area is 101 Å². The molecule has 1 heterocycles. The second kappa shape index (κ2) is 6.13. The summed E-state index contributed by atoms with van der Waals surface area (Å²) in [5, 5.41) is 2.72. The zero-order valence-corrected chi connectivity index (χ0v) is 11.0. The van der Waals surface area contributed by atoms with Gasteiger partial charge in [0.25, 0.3) is 0 Å². The highest BCUT2D eigenvalue weighted by atomic mass is 32.2. The second-order valence-electron chi connectivity index (χ2n) is 4.31. The van der Waals surface area contributed by atoms with E-state index in [0.717, 1.165) is 5.75 Å². The van der Waals surface area contributed by atoms with E-state index >= 15 is 0 Å². The average Bonchev–Trinajstić information content (AvgIpc) is 2.23. The molecule has 0 aromatic carbocycles. The third-order valence-corrected chi connectivity index (χ3v) is 3.57. The highest BCUT2D eigenvalue weighted by Gasteiger charge is 2.31. The van der Waals surface area contributed by atoms with Crippen LogP contribution in [-0.4, -0.2) is 47.9 Å². The molecule has 0 aromatic heterocycles. The molecule has 1 aliphatic heterocycles. The Morgan fingerprint density at radius 2 is 2.25 bits per heavy atom. The number of thioether (sulfide) groups is 1. The van der Waals surface area contributed by atoms with E-state index in [0.29, 0.717) is 18.9 Å². The minimum Gasteiger partial charge on any atom is -0.343 e. The first-order valence-corrected chi connectivity index (χ1v) is 7.05. The predicted octanol–water partition coefficient (Wildman–Crippen LogP) is 0.722. The Kier molecular flexibility index (Phi) is 5.12. The van der Waals surface area contributed by atoms with E-state index in [2.05, 4.69) is 18.5 Å². The summed E-state index contributed by atoms with van der Waals surface area (Å²) in [4.78, 5) is 25.1. The Hall–Kier alpha value is -0.710. The minimum atomic E-state index is -0.317. The summed E-state index contributed by atoms with van der Waals surface area (Å²) in [7, 11) is 0. The van der Waals surface area contributed by atoms with Crippen molar-refractivity contribution in [3.63, 3.8) is 0 Å². The molecule has 4 nitrogen and oxygen atoms in total. The van der Waals surface area contributed by atoms with Crippen LogP contribution in [0, 0.1) is 5.92 Å². The number of carbonyl (C=O) groups excluding carboxylic acids is 2. The molecule has 0 radical (unpaired) electrons. The fourth-order valence-corrected chi connectivity index (χ4v) is 2.59. The lowest BCUT2D eigenvalue weighted by Gasteiger charge is -2.33. The maximum Gasteiger partial charge on any atom is 0.245 e. The van der Waals surface area contributed by atoms with Crippen LogP contribution in [-0.2, 0) is 9.59 Å². The molecule has 1 aliphatic rings. The minimum absolute atomic E-state index is 0.0391. The van der Waals surface area contributed by atoms with Crippen molar-refractivity contribution in [2.75, 3.05) is 25.1 Å². The van der Waals surface area contributed by atoms with Crippen LogP contribution in [0.2, 0.25) is 0 Å². The van der Waals surface area contributed by atoms with E-state index in [1.165, 1.54) is 0 Å². The van der Waals surface area contributed by atoms with Crippen LogP contribution in [0.4, 0.5) is 0 Å². The van der Waals surface area contributed by atoms with Crippen molar-refractivity contribution in [1.29, 1.82) is 0 Å². The van der Waals surface area contributed by atoms with Gasteiger partial charge in [-0.3, -0.25) is 9.59 Å². The molecule has 1 rings (SSSR count). The maximum atomic E-state index is 11.9. The summed E-state index contributed by atoms with van der Waals surface area (Å²) < 4.78 is 0. The summed E-state index contributed by atoms with van der Waals surface area (Å²) in [5.74, 6) is 1.47. The summed E-state index contributed by atoms with van der Waals surface area (Å²) in [5.41, 5.74) is 0. The zero-order valence-electron chi connectivity index (χ0n) is 10.2.